The summed E-state index contributed by atoms with van der Waals surface area (Å²) in [5, 5.41) is 3.43. The summed E-state index contributed by atoms with van der Waals surface area (Å²) in [5.74, 6) is -0.986. The van der Waals surface area contributed by atoms with Crippen molar-refractivity contribution < 1.29 is 19.1 Å². The van der Waals surface area contributed by atoms with E-state index in [2.05, 4.69) is 4.98 Å². The minimum Gasteiger partial charge on any atom is -0.451 e. The third-order valence-corrected chi connectivity index (χ3v) is 4.13. The van der Waals surface area contributed by atoms with Crippen LogP contribution in [0, 0.1) is 13.8 Å². The van der Waals surface area contributed by atoms with Gasteiger partial charge in [-0.1, -0.05) is 0 Å². The highest BCUT2D eigenvalue weighted by Gasteiger charge is 2.26. The van der Waals surface area contributed by atoms with Gasteiger partial charge in [0.1, 0.15) is 0 Å². The van der Waals surface area contributed by atoms with E-state index in [0.717, 1.165) is 0 Å². The summed E-state index contributed by atoms with van der Waals surface area (Å²) in [6.45, 7) is 6.43. The van der Waals surface area contributed by atoms with Crippen LogP contribution in [0.2, 0.25) is 0 Å². The molecule has 0 fully saturated rings. The van der Waals surface area contributed by atoms with Gasteiger partial charge < -0.3 is 9.72 Å². The van der Waals surface area contributed by atoms with Crippen LogP contribution in [0.25, 0.3) is 0 Å². The van der Waals surface area contributed by atoms with Crippen molar-refractivity contribution in [2.75, 3.05) is 0 Å². The Bertz CT molecular complexity index is 728. The smallest absolute Gasteiger partial charge is 0.339 e. The van der Waals surface area contributed by atoms with Gasteiger partial charge in [0, 0.05) is 16.6 Å². The molecule has 0 aliphatic rings. The minimum absolute atomic E-state index is 0.103. The standard InChI is InChI=1S/C16H17NO4S/c1-8-13(10(3)18)9(2)17-14(8)15(19)11(4)21-16(20)12-5-6-22-7-12/h5-7,11,17H,1-4H3/t11-/m0/s1. The Morgan fingerprint density at radius 3 is 2.45 bits per heavy atom. The summed E-state index contributed by atoms with van der Waals surface area (Å²) >= 11 is 1.38. The second-order valence-corrected chi connectivity index (χ2v) is 5.89. The maximum atomic E-state index is 12.4. The number of hydrogen-bond acceptors (Lipinski definition) is 5. The Hall–Kier alpha value is -2.21. The monoisotopic (exact) mass is 319 g/mol. The maximum absolute atomic E-state index is 12.4. The van der Waals surface area contributed by atoms with Gasteiger partial charge in [0.25, 0.3) is 0 Å². The lowest BCUT2D eigenvalue weighted by molar-refractivity contribution is 0.0317. The minimum atomic E-state index is -0.927. The van der Waals surface area contributed by atoms with E-state index in [1.807, 2.05) is 0 Å². The van der Waals surface area contributed by atoms with Gasteiger partial charge in [-0.2, -0.15) is 11.3 Å². The third-order valence-electron chi connectivity index (χ3n) is 3.45. The molecule has 0 saturated heterocycles. The van der Waals surface area contributed by atoms with E-state index in [0.29, 0.717) is 28.1 Å². The molecule has 0 aliphatic heterocycles. The maximum Gasteiger partial charge on any atom is 0.339 e. The summed E-state index contributed by atoms with van der Waals surface area (Å²) < 4.78 is 5.19. The Morgan fingerprint density at radius 2 is 1.95 bits per heavy atom. The first-order chi connectivity index (χ1) is 10.3. The quantitative estimate of drug-likeness (QED) is 0.677. The van der Waals surface area contributed by atoms with Crippen molar-refractivity contribution in [1.29, 1.82) is 0 Å². The zero-order valence-corrected chi connectivity index (χ0v) is 13.7. The number of carbonyl (C=O) groups excluding carboxylic acids is 3. The summed E-state index contributed by atoms with van der Waals surface area (Å²) in [7, 11) is 0. The highest BCUT2D eigenvalue weighted by atomic mass is 32.1. The Kier molecular flexibility index (Phi) is 4.61. The molecule has 0 aliphatic carbocycles. The molecule has 0 spiro atoms. The number of aromatic amines is 1. The molecule has 0 saturated carbocycles. The fourth-order valence-electron chi connectivity index (χ4n) is 2.39. The SMILES string of the molecule is CC(=O)c1c(C)[nH]c(C(=O)[C@H](C)OC(=O)c2ccsc2)c1C. The predicted molar refractivity (Wildman–Crippen MR) is 83.8 cm³/mol. The number of hydrogen-bond donors (Lipinski definition) is 1. The number of H-pyrrole nitrogens is 1. The van der Waals surface area contributed by atoms with Gasteiger partial charge in [0.2, 0.25) is 5.78 Å². The second kappa shape index (κ2) is 6.27. The van der Waals surface area contributed by atoms with Crippen LogP contribution in [0.15, 0.2) is 16.8 Å². The van der Waals surface area contributed by atoms with Crippen molar-refractivity contribution >= 4 is 28.9 Å². The van der Waals surface area contributed by atoms with E-state index in [1.165, 1.54) is 25.2 Å². The number of rotatable bonds is 5. The molecule has 2 aromatic heterocycles. The van der Waals surface area contributed by atoms with E-state index in [4.69, 9.17) is 4.74 Å². The lowest BCUT2D eigenvalue weighted by Crippen LogP contribution is -2.25. The first-order valence-electron chi connectivity index (χ1n) is 6.80. The molecule has 22 heavy (non-hydrogen) atoms. The van der Waals surface area contributed by atoms with Gasteiger partial charge in [0.15, 0.2) is 11.9 Å². The zero-order valence-electron chi connectivity index (χ0n) is 12.9. The van der Waals surface area contributed by atoms with Gasteiger partial charge in [-0.05, 0) is 44.7 Å². The van der Waals surface area contributed by atoms with Gasteiger partial charge >= 0.3 is 5.97 Å². The van der Waals surface area contributed by atoms with Crippen LogP contribution >= 0.6 is 11.3 Å². The number of carbonyl (C=O) groups is 3. The van der Waals surface area contributed by atoms with E-state index < -0.39 is 12.1 Å². The average molecular weight is 319 g/mol. The predicted octanol–water partition coefficient (Wildman–Crippen LogP) is 3.32. The van der Waals surface area contributed by atoms with Crippen molar-refractivity contribution in [3.63, 3.8) is 0 Å². The molecule has 0 unspecified atom stereocenters. The van der Waals surface area contributed by atoms with Crippen molar-refractivity contribution in [2.45, 2.75) is 33.8 Å². The molecule has 1 atom stereocenters. The van der Waals surface area contributed by atoms with Crippen LogP contribution in [0.4, 0.5) is 0 Å². The topological polar surface area (TPSA) is 76.2 Å². The summed E-state index contributed by atoms with van der Waals surface area (Å²) in [4.78, 5) is 38.9. The third kappa shape index (κ3) is 3.01. The van der Waals surface area contributed by atoms with Gasteiger partial charge in [-0.3, -0.25) is 9.59 Å². The normalized spacial score (nSPS) is 12.0. The molecule has 116 valence electrons. The molecular formula is C16H17NO4S. The number of esters is 1. The first kappa shape index (κ1) is 16.2. The Labute approximate surface area is 132 Å². The van der Waals surface area contributed by atoms with Crippen LogP contribution in [0.3, 0.4) is 0 Å². The van der Waals surface area contributed by atoms with Crippen molar-refractivity contribution in [3.05, 3.63) is 44.9 Å². The number of Topliss-reactive ketones (excluding diaryl/α,β-unsaturated/α-hetero) is 2. The Morgan fingerprint density at radius 1 is 1.27 bits per heavy atom. The fraction of sp³-hybridized carbons (Fsp3) is 0.312. The summed E-state index contributed by atoms with van der Waals surface area (Å²) in [5.41, 5.74) is 2.49. The number of aryl methyl sites for hydroxylation is 1. The van der Waals surface area contributed by atoms with Crippen molar-refractivity contribution in [2.24, 2.45) is 0 Å². The number of nitrogens with one attached hydrogen (secondary N) is 1. The van der Waals surface area contributed by atoms with E-state index >= 15 is 0 Å². The molecule has 0 radical (unpaired) electrons. The molecule has 0 bridgehead atoms. The van der Waals surface area contributed by atoms with Crippen LogP contribution in [0.5, 0.6) is 0 Å². The zero-order chi connectivity index (χ0) is 16.4. The fourth-order valence-corrected chi connectivity index (χ4v) is 3.02. The van der Waals surface area contributed by atoms with Crippen LogP contribution < -0.4 is 0 Å². The number of ketones is 2. The number of thiophene rings is 1. The molecule has 6 heteroatoms. The molecule has 2 aromatic rings. The highest BCUT2D eigenvalue weighted by molar-refractivity contribution is 7.08. The molecule has 2 heterocycles. The van der Waals surface area contributed by atoms with Crippen LogP contribution in [0.1, 0.15) is 56.3 Å². The molecular weight excluding hydrogens is 302 g/mol. The van der Waals surface area contributed by atoms with Crippen LogP contribution in [-0.2, 0) is 4.74 Å². The molecule has 5 nitrogen and oxygen atoms in total. The first-order valence-corrected chi connectivity index (χ1v) is 7.74. The molecule has 0 amide bonds. The Balaban J connectivity index is 2.19. The largest absolute Gasteiger partial charge is 0.451 e. The molecule has 2 rings (SSSR count). The highest BCUT2D eigenvalue weighted by Crippen LogP contribution is 2.21. The van der Waals surface area contributed by atoms with Gasteiger partial charge in [-0.15, -0.1) is 0 Å². The average Bonchev–Trinajstić information content (AvgIpc) is 3.05. The van der Waals surface area contributed by atoms with Crippen molar-refractivity contribution in [3.8, 4) is 0 Å². The lowest BCUT2D eigenvalue weighted by Gasteiger charge is -2.11. The lowest BCUT2D eigenvalue weighted by atomic mass is 10.0. The number of aromatic nitrogens is 1. The summed E-state index contributed by atoms with van der Waals surface area (Å²) in [6, 6.07) is 1.64. The van der Waals surface area contributed by atoms with E-state index in [1.54, 1.807) is 30.7 Å². The van der Waals surface area contributed by atoms with E-state index in [-0.39, 0.29) is 11.6 Å². The summed E-state index contributed by atoms with van der Waals surface area (Å²) in [6.07, 6.45) is -0.927. The van der Waals surface area contributed by atoms with Crippen LogP contribution in [-0.4, -0.2) is 28.6 Å². The van der Waals surface area contributed by atoms with Gasteiger partial charge in [0.05, 0.1) is 11.3 Å². The molecule has 0 aromatic carbocycles. The second-order valence-electron chi connectivity index (χ2n) is 5.10. The number of ether oxygens (including phenoxy) is 1. The van der Waals surface area contributed by atoms with Gasteiger partial charge in [-0.25, -0.2) is 4.79 Å². The van der Waals surface area contributed by atoms with E-state index in [9.17, 15) is 14.4 Å². The van der Waals surface area contributed by atoms with Crippen molar-refractivity contribution in [1.82, 2.24) is 4.98 Å². The molecule has 1 N–H and O–H groups in total.